The fourth-order valence-corrected chi connectivity index (χ4v) is 1.91. The van der Waals surface area contributed by atoms with Crippen LogP contribution in [-0.2, 0) is 9.59 Å². The highest BCUT2D eigenvalue weighted by atomic mass is 16.2. The average Bonchev–Trinajstić information content (AvgIpc) is 2.73. The van der Waals surface area contributed by atoms with Gasteiger partial charge in [0.25, 0.3) is 0 Å². The molecule has 11 heavy (non-hydrogen) atoms. The Morgan fingerprint density at radius 3 is 2.82 bits per heavy atom. The van der Waals surface area contributed by atoms with Crippen molar-refractivity contribution in [1.82, 2.24) is 0 Å². The van der Waals surface area contributed by atoms with Gasteiger partial charge in [-0.15, -0.1) is 0 Å². The van der Waals surface area contributed by atoms with E-state index >= 15 is 0 Å². The minimum Gasteiger partial charge on any atom is -0.291 e. The molecule has 2 atom stereocenters. The lowest BCUT2D eigenvalue weighted by molar-refractivity contribution is -0.137. The standard InChI is InChI=1S/C9H12O2/c10-8-4-2-1-3-6-5-7(6)9(8)11/h6-7H,1-5H2/t6-,7-/m1/s1. The lowest BCUT2D eigenvalue weighted by Crippen LogP contribution is -2.18. The Morgan fingerprint density at radius 2 is 2.00 bits per heavy atom. The number of hydrogen-bond donors (Lipinski definition) is 0. The largest absolute Gasteiger partial charge is 0.291 e. The van der Waals surface area contributed by atoms with E-state index in [1.54, 1.807) is 0 Å². The smallest absolute Gasteiger partial charge is 0.201 e. The molecule has 0 aromatic rings. The summed E-state index contributed by atoms with van der Waals surface area (Å²) in [6.45, 7) is 0. The first-order chi connectivity index (χ1) is 5.29. The van der Waals surface area contributed by atoms with Crippen LogP contribution in [0.5, 0.6) is 0 Å². The highest BCUT2D eigenvalue weighted by Gasteiger charge is 2.45. The summed E-state index contributed by atoms with van der Waals surface area (Å²) in [5, 5.41) is 0. The van der Waals surface area contributed by atoms with Crippen molar-refractivity contribution in [3.8, 4) is 0 Å². The van der Waals surface area contributed by atoms with Crippen molar-refractivity contribution in [3.05, 3.63) is 0 Å². The maximum atomic E-state index is 11.2. The quantitative estimate of drug-likeness (QED) is 0.491. The number of hydrogen-bond acceptors (Lipinski definition) is 2. The van der Waals surface area contributed by atoms with Crippen molar-refractivity contribution < 1.29 is 9.59 Å². The van der Waals surface area contributed by atoms with Crippen molar-refractivity contribution in [1.29, 1.82) is 0 Å². The molecule has 2 aliphatic carbocycles. The van der Waals surface area contributed by atoms with E-state index in [2.05, 4.69) is 0 Å². The van der Waals surface area contributed by atoms with Crippen molar-refractivity contribution in [3.63, 3.8) is 0 Å². The van der Waals surface area contributed by atoms with E-state index in [4.69, 9.17) is 0 Å². The van der Waals surface area contributed by atoms with Crippen LogP contribution >= 0.6 is 0 Å². The first kappa shape index (κ1) is 7.01. The molecule has 2 aliphatic rings. The Hall–Kier alpha value is -0.660. The Balaban J connectivity index is 2.06. The van der Waals surface area contributed by atoms with Crippen LogP contribution in [0.3, 0.4) is 0 Å². The maximum Gasteiger partial charge on any atom is 0.201 e. The highest BCUT2D eigenvalue weighted by molar-refractivity contribution is 6.38. The molecule has 0 aromatic heterocycles. The molecular weight excluding hydrogens is 140 g/mol. The second-order valence-electron chi connectivity index (χ2n) is 3.64. The summed E-state index contributed by atoms with van der Waals surface area (Å²) in [7, 11) is 0. The van der Waals surface area contributed by atoms with Crippen LogP contribution in [-0.4, -0.2) is 11.6 Å². The summed E-state index contributed by atoms with van der Waals surface area (Å²) in [6.07, 6.45) is 4.73. The van der Waals surface area contributed by atoms with Gasteiger partial charge in [0.05, 0.1) is 0 Å². The van der Waals surface area contributed by atoms with Crippen LogP contribution in [0.15, 0.2) is 0 Å². The molecule has 0 heterocycles. The number of carbonyl (C=O) groups excluding carboxylic acids is 2. The molecular formula is C9H12O2. The summed E-state index contributed by atoms with van der Waals surface area (Å²) in [6, 6.07) is 0. The fourth-order valence-electron chi connectivity index (χ4n) is 1.91. The number of rotatable bonds is 0. The number of Topliss-reactive ketones (excluding diaryl/α,β-unsaturated/α-hetero) is 2. The van der Waals surface area contributed by atoms with E-state index in [0.29, 0.717) is 12.3 Å². The zero-order valence-electron chi connectivity index (χ0n) is 6.51. The fraction of sp³-hybridized carbons (Fsp3) is 0.778. The predicted molar refractivity (Wildman–Crippen MR) is 40.1 cm³/mol. The second kappa shape index (κ2) is 2.43. The van der Waals surface area contributed by atoms with E-state index < -0.39 is 0 Å². The van der Waals surface area contributed by atoms with E-state index in [1.807, 2.05) is 0 Å². The van der Waals surface area contributed by atoms with Crippen molar-refractivity contribution in [2.24, 2.45) is 11.8 Å². The van der Waals surface area contributed by atoms with E-state index in [0.717, 1.165) is 19.3 Å². The van der Waals surface area contributed by atoms with Crippen molar-refractivity contribution >= 4 is 11.6 Å². The zero-order valence-corrected chi connectivity index (χ0v) is 6.51. The summed E-state index contributed by atoms with van der Waals surface area (Å²) < 4.78 is 0. The van der Waals surface area contributed by atoms with Gasteiger partial charge in [-0.25, -0.2) is 0 Å². The third-order valence-electron chi connectivity index (χ3n) is 2.76. The SMILES string of the molecule is O=C1CCCC[C@@H]2C[C@H]2C1=O. The van der Waals surface area contributed by atoms with Gasteiger partial charge in [-0.05, 0) is 25.2 Å². The molecule has 2 nitrogen and oxygen atoms in total. The summed E-state index contributed by atoms with van der Waals surface area (Å²) in [5.74, 6) is 0.529. The summed E-state index contributed by atoms with van der Waals surface area (Å²) >= 11 is 0. The van der Waals surface area contributed by atoms with Gasteiger partial charge >= 0.3 is 0 Å². The summed E-state index contributed by atoms with van der Waals surface area (Å²) in [5.41, 5.74) is 0. The topological polar surface area (TPSA) is 34.1 Å². The molecule has 2 rings (SSSR count). The molecule has 2 heteroatoms. The zero-order chi connectivity index (χ0) is 7.84. The monoisotopic (exact) mass is 152 g/mol. The van der Waals surface area contributed by atoms with Crippen LogP contribution in [0.4, 0.5) is 0 Å². The molecule has 0 N–H and O–H groups in total. The normalized spacial score (nSPS) is 37.5. The molecule has 0 spiro atoms. The molecule has 60 valence electrons. The van der Waals surface area contributed by atoms with Gasteiger partial charge in [0, 0.05) is 12.3 Å². The molecule has 0 aromatic carbocycles. The van der Waals surface area contributed by atoms with Gasteiger partial charge in [-0.1, -0.05) is 6.42 Å². The molecule has 0 aliphatic heterocycles. The summed E-state index contributed by atoms with van der Waals surface area (Å²) in [4.78, 5) is 22.2. The molecule has 0 saturated heterocycles. The predicted octanol–water partition coefficient (Wildman–Crippen LogP) is 1.33. The molecule has 2 saturated carbocycles. The van der Waals surface area contributed by atoms with Crippen LogP contribution in [0.25, 0.3) is 0 Å². The van der Waals surface area contributed by atoms with Crippen LogP contribution in [0.1, 0.15) is 32.1 Å². The Morgan fingerprint density at radius 1 is 1.18 bits per heavy atom. The van der Waals surface area contributed by atoms with Crippen molar-refractivity contribution in [2.75, 3.05) is 0 Å². The van der Waals surface area contributed by atoms with Crippen LogP contribution < -0.4 is 0 Å². The van der Waals surface area contributed by atoms with Crippen LogP contribution in [0.2, 0.25) is 0 Å². The minimum absolute atomic E-state index is 0.0744. The average molecular weight is 152 g/mol. The second-order valence-corrected chi connectivity index (χ2v) is 3.64. The first-order valence-corrected chi connectivity index (χ1v) is 4.36. The Kier molecular flexibility index (Phi) is 1.55. The lowest BCUT2D eigenvalue weighted by atomic mass is 9.99. The molecule has 0 radical (unpaired) electrons. The van der Waals surface area contributed by atoms with Gasteiger partial charge in [0.15, 0.2) is 5.78 Å². The van der Waals surface area contributed by atoms with Crippen molar-refractivity contribution in [2.45, 2.75) is 32.1 Å². The van der Waals surface area contributed by atoms with E-state index in [-0.39, 0.29) is 17.5 Å². The molecule has 0 amide bonds. The third kappa shape index (κ3) is 1.22. The first-order valence-electron chi connectivity index (χ1n) is 4.36. The molecule has 2 fully saturated rings. The molecule has 0 unspecified atom stereocenters. The van der Waals surface area contributed by atoms with Gasteiger partial charge in [0.1, 0.15) is 0 Å². The highest BCUT2D eigenvalue weighted by Crippen LogP contribution is 2.44. The number of carbonyl (C=O) groups is 2. The number of fused-ring (bicyclic) bond motifs is 1. The van der Waals surface area contributed by atoms with Gasteiger partial charge in [-0.3, -0.25) is 9.59 Å². The van der Waals surface area contributed by atoms with Gasteiger partial charge in [0.2, 0.25) is 5.78 Å². The Bertz CT molecular complexity index is 208. The van der Waals surface area contributed by atoms with E-state index in [1.165, 1.54) is 6.42 Å². The molecule has 0 bridgehead atoms. The number of ketones is 2. The van der Waals surface area contributed by atoms with Gasteiger partial charge in [-0.2, -0.15) is 0 Å². The maximum absolute atomic E-state index is 11.2. The minimum atomic E-state index is -0.114. The third-order valence-corrected chi connectivity index (χ3v) is 2.76. The van der Waals surface area contributed by atoms with Gasteiger partial charge < -0.3 is 0 Å². The lowest BCUT2D eigenvalue weighted by Gasteiger charge is -2.04. The van der Waals surface area contributed by atoms with Crippen LogP contribution in [0, 0.1) is 11.8 Å². The van der Waals surface area contributed by atoms with E-state index in [9.17, 15) is 9.59 Å². The Labute approximate surface area is 66.0 Å².